The molecule has 0 saturated heterocycles. The summed E-state index contributed by atoms with van der Waals surface area (Å²) in [7, 11) is 0. The first-order chi connectivity index (χ1) is 4.84. The Morgan fingerprint density at radius 1 is 1.64 bits per heavy atom. The lowest BCUT2D eigenvalue weighted by Gasteiger charge is -1.91. The standard InChI is InChI=1S/C6H5ClN2O.ClH/c7-6(9-10)5-2-1-3-8-4-5;/h1-4,10H;1H. The molecule has 60 valence electrons. The largest absolute Gasteiger partial charge is 0.410 e. The zero-order valence-corrected chi connectivity index (χ0v) is 7.01. The van der Waals surface area contributed by atoms with E-state index in [1.807, 2.05) is 0 Å². The van der Waals surface area contributed by atoms with E-state index < -0.39 is 0 Å². The van der Waals surface area contributed by atoms with Crippen molar-refractivity contribution in [2.24, 2.45) is 5.16 Å². The molecule has 0 atom stereocenters. The minimum absolute atomic E-state index is 0. The zero-order chi connectivity index (χ0) is 7.40. The van der Waals surface area contributed by atoms with E-state index in [0.717, 1.165) is 0 Å². The van der Waals surface area contributed by atoms with Crippen molar-refractivity contribution in [2.45, 2.75) is 0 Å². The van der Waals surface area contributed by atoms with Gasteiger partial charge in [0.05, 0.1) is 0 Å². The Morgan fingerprint density at radius 2 is 2.36 bits per heavy atom. The SMILES string of the molecule is Cl.ON=C(Cl)c1cccnc1. The van der Waals surface area contributed by atoms with Gasteiger partial charge in [0.2, 0.25) is 0 Å². The van der Waals surface area contributed by atoms with E-state index in [1.165, 1.54) is 6.20 Å². The van der Waals surface area contributed by atoms with Crippen LogP contribution in [0.4, 0.5) is 0 Å². The number of oxime groups is 1. The lowest BCUT2D eigenvalue weighted by Crippen LogP contribution is -1.90. The molecule has 0 amide bonds. The van der Waals surface area contributed by atoms with Gasteiger partial charge in [0.15, 0.2) is 5.17 Å². The van der Waals surface area contributed by atoms with Gasteiger partial charge in [0.1, 0.15) is 0 Å². The Balaban J connectivity index is 0.000001000. The molecule has 3 nitrogen and oxygen atoms in total. The first-order valence-corrected chi connectivity index (χ1v) is 3.00. The Kier molecular flexibility index (Phi) is 4.57. The molecule has 11 heavy (non-hydrogen) atoms. The summed E-state index contributed by atoms with van der Waals surface area (Å²) in [5.74, 6) is 0. The molecule has 0 bridgehead atoms. The van der Waals surface area contributed by atoms with E-state index in [1.54, 1.807) is 18.3 Å². The van der Waals surface area contributed by atoms with Gasteiger partial charge in [-0.05, 0) is 12.1 Å². The molecule has 0 fully saturated rings. The molecular weight excluding hydrogens is 187 g/mol. The smallest absolute Gasteiger partial charge is 0.176 e. The molecule has 1 aromatic rings. The van der Waals surface area contributed by atoms with E-state index in [2.05, 4.69) is 10.1 Å². The molecule has 0 aliphatic rings. The molecule has 0 aliphatic carbocycles. The molecule has 0 unspecified atom stereocenters. The first kappa shape index (κ1) is 10.2. The molecule has 0 spiro atoms. The van der Waals surface area contributed by atoms with Crippen molar-refractivity contribution in [3.63, 3.8) is 0 Å². The van der Waals surface area contributed by atoms with Crippen LogP contribution in [0.1, 0.15) is 5.56 Å². The van der Waals surface area contributed by atoms with E-state index in [4.69, 9.17) is 16.8 Å². The summed E-state index contributed by atoms with van der Waals surface area (Å²) < 4.78 is 0. The summed E-state index contributed by atoms with van der Waals surface area (Å²) in [6.07, 6.45) is 3.13. The lowest BCUT2D eigenvalue weighted by molar-refractivity contribution is 0.321. The summed E-state index contributed by atoms with van der Waals surface area (Å²) in [6, 6.07) is 3.41. The Labute approximate surface area is 75.1 Å². The quantitative estimate of drug-likeness (QED) is 0.420. The van der Waals surface area contributed by atoms with Crippen molar-refractivity contribution >= 4 is 29.2 Å². The molecule has 1 aromatic heterocycles. The Morgan fingerprint density at radius 3 is 2.82 bits per heavy atom. The number of nitrogens with zero attached hydrogens (tertiary/aromatic N) is 2. The van der Waals surface area contributed by atoms with Crippen molar-refractivity contribution in [3.8, 4) is 0 Å². The number of hydrogen-bond donors (Lipinski definition) is 1. The van der Waals surface area contributed by atoms with Crippen LogP contribution >= 0.6 is 24.0 Å². The molecule has 5 heteroatoms. The van der Waals surface area contributed by atoms with Crippen LogP contribution in [0.3, 0.4) is 0 Å². The van der Waals surface area contributed by atoms with Crippen LogP contribution in [0.5, 0.6) is 0 Å². The predicted molar refractivity (Wildman–Crippen MR) is 45.7 cm³/mol. The van der Waals surface area contributed by atoms with Crippen molar-refractivity contribution in [1.29, 1.82) is 0 Å². The first-order valence-electron chi connectivity index (χ1n) is 2.62. The summed E-state index contributed by atoms with van der Waals surface area (Å²) in [5.41, 5.74) is 0.603. The van der Waals surface area contributed by atoms with Crippen LogP contribution in [0.2, 0.25) is 0 Å². The molecule has 0 radical (unpaired) electrons. The fraction of sp³-hybridized carbons (Fsp3) is 0. The molecule has 1 rings (SSSR count). The van der Waals surface area contributed by atoms with E-state index in [-0.39, 0.29) is 17.6 Å². The van der Waals surface area contributed by atoms with Gasteiger partial charge in [0, 0.05) is 18.0 Å². The van der Waals surface area contributed by atoms with Gasteiger partial charge in [0.25, 0.3) is 0 Å². The summed E-state index contributed by atoms with van der Waals surface area (Å²) in [5, 5.41) is 11.1. The van der Waals surface area contributed by atoms with Crippen molar-refractivity contribution in [3.05, 3.63) is 30.1 Å². The maximum absolute atomic E-state index is 8.22. The highest BCUT2D eigenvalue weighted by molar-refractivity contribution is 6.69. The zero-order valence-electron chi connectivity index (χ0n) is 5.44. The molecule has 0 aliphatic heterocycles. The van der Waals surface area contributed by atoms with E-state index >= 15 is 0 Å². The minimum Gasteiger partial charge on any atom is -0.410 e. The van der Waals surface area contributed by atoms with Crippen LogP contribution in [0, 0.1) is 0 Å². The minimum atomic E-state index is 0. The lowest BCUT2D eigenvalue weighted by atomic mass is 10.3. The average molecular weight is 193 g/mol. The van der Waals surface area contributed by atoms with Crippen molar-refractivity contribution < 1.29 is 5.21 Å². The van der Waals surface area contributed by atoms with Gasteiger partial charge in [-0.3, -0.25) is 4.98 Å². The third-order valence-corrected chi connectivity index (χ3v) is 1.28. The molecule has 1 N–H and O–H groups in total. The van der Waals surface area contributed by atoms with Crippen LogP contribution in [-0.2, 0) is 0 Å². The summed E-state index contributed by atoms with van der Waals surface area (Å²) in [4.78, 5) is 3.78. The van der Waals surface area contributed by atoms with Gasteiger partial charge < -0.3 is 5.21 Å². The second-order valence-corrected chi connectivity index (χ2v) is 1.99. The number of pyridine rings is 1. The summed E-state index contributed by atoms with van der Waals surface area (Å²) in [6.45, 7) is 0. The van der Waals surface area contributed by atoms with Gasteiger partial charge in [-0.1, -0.05) is 16.8 Å². The highest BCUT2D eigenvalue weighted by Gasteiger charge is 1.96. The van der Waals surface area contributed by atoms with Crippen molar-refractivity contribution in [2.75, 3.05) is 0 Å². The third kappa shape index (κ3) is 2.74. The maximum atomic E-state index is 8.22. The molecule has 0 saturated carbocycles. The van der Waals surface area contributed by atoms with Gasteiger partial charge in [-0.15, -0.1) is 12.4 Å². The van der Waals surface area contributed by atoms with Gasteiger partial charge >= 0.3 is 0 Å². The second-order valence-electron chi connectivity index (χ2n) is 1.63. The van der Waals surface area contributed by atoms with Crippen LogP contribution < -0.4 is 0 Å². The van der Waals surface area contributed by atoms with Crippen molar-refractivity contribution in [1.82, 2.24) is 4.98 Å². The fourth-order valence-corrected chi connectivity index (χ4v) is 0.654. The Bertz CT molecular complexity index is 238. The maximum Gasteiger partial charge on any atom is 0.176 e. The molecule has 1 heterocycles. The monoisotopic (exact) mass is 192 g/mol. The fourth-order valence-electron chi connectivity index (χ4n) is 0.543. The van der Waals surface area contributed by atoms with Gasteiger partial charge in [-0.25, -0.2) is 0 Å². The number of rotatable bonds is 1. The highest BCUT2D eigenvalue weighted by atomic mass is 35.5. The number of halogens is 2. The third-order valence-electron chi connectivity index (χ3n) is 0.988. The molecule has 0 aromatic carbocycles. The number of aromatic nitrogens is 1. The van der Waals surface area contributed by atoms with Crippen LogP contribution in [0.15, 0.2) is 29.7 Å². The highest BCUT2D eigenvalue weighted by Crippen LogP contribution is 2.01. The van der Waals surface area contributed by atoms with E-state index in [9.17, 15) is 0 Å². The number of hydrogen-bond acceptors (Lipinski definition) is 3. The Hall–Kier alpha value is -0.800. The average Bonchev–Trinajstić information content (AvgIpc) is 2.05. The molecular formula is C6H6Cl2N2O. The second kappa shape index (κ2) is 4.93. The topological polar surface area (TPSA) is 45.5 Å². The van der Waals surface area contributed by atoms with Gasteiger partial charge in [-0.2, -0.15) is 0 Å². The van der Waals surface area contributed by atoms with Crippen LogP contribution in [-0.4, -0.2) is 15.4 Å². The van der Waals surface area contributed by atoms with Crippen LogP contribution in [0.25, 0.3) is 0 Å². The predicted octanol–water partition coefficient (Wildman–Crippen LogP) is 1.88. The summed E-state index contributed by atoms with van der Waals surface area (Å²) >= 11 is 5.45. The normalized spacial score (nSPS) is 10.5. The van der Waals surface area contributed by atoms with E-state index in [0.29, 0.717) is 5.56 Å².